The molecule has 1 saturated carbocycles. The van der Waals surface area contributed by atoms with E-state index in [1.165, 1.54) is 32.1 Å². The number of likely N-dealkylation sites (tertiary alicyclic amines) is 1. The molecule has 6 heteroatoms. The topological polar surface area (TPSA) is 46.6 Å². The molecule has 1 aliphatic heterocycles. The molecule has 1 unspecified atom stereocenters. The number of amides is 1. The van der Waals surface area contributed by atoms with Crippen molar-refractivity contribution in [1.82, 2.24) is 4.90 Å². The summed E-state index contributed by atoms with van der Waals surface area (Å²) in [5, 5.41) is 1.41. The van der Waals surface area contributed by atoms with E-state index in [9.17, 15) is 9.59 Å². The Morgan fingerprint density at radius 2 is 1.83 bits per heavy atom. The first-order valence-corrected chi connectivity index (χ1v) is 12.8. The van der Waals surface area contributed by atoms with Crippen molar-refractivity contribution in [2.75, 3.05) is 25.4 Å². The summed E-state index contributed by atoms with van der Waals surface area (Å²) in [5.41, 5.74) is 1.04. The Hall–Kier alpha value is -1.20. The van der Waals surface area contributed by atoms with Gasteiger partial charge < -0.3 is 9.64 Å². The van der Waals surface area contributed by atoms with E-state index >= 15 is 0 Å². The fraction of sp³-hybridized carbons (Fsp3) is 0.667. The lowest BCUT2D eigenvalue weighted by atomic mass is 9.94. The second-order valence-electron chi connectivity index (χ2n) is 8.44. The largest absolute Gasteiger partial charge is 0.466 e. The van der Waals surface area contributed by atoms with E-state index in [0.717, 1.165) is 16.3 Å². The monoisotopic (exact) mass is 451 g/mol. The van der Waals surface area contributed by atoms with Crippen molar-refractivity contribution >= 4 is 35.2 Å². The summed E-state index contributed by atoms with van der Waals surface area (Å²) in [6, 6.07) is 7.85. The van der Waals surface area contributed by atoms with E-state index in [1.807, 2.05) is 47.9 Å². The molecule has 1 aromatic carbocycles. The zero-order chi connectivity index (χ0) is 21.3. The summed E-state index contributed by atoms with van der Waals surface area (Å²) >= 11 is 8.38. The van der Waals surface area contributed by atoms with E-state index in [-0.39, 0.29) is 23.7 Å². The highest BCUT2D eigenvalue weighted by molar-refractivity contribution is 7.99. The fourth-order valence-electron chi connectivity index (χ4n) is 4.48. The van der Waals surface area contributed by atoms with Crippen LogP contribution >= 0.6 is 23.4 Å². The number of benzene rings is 1. The van der Waals surface area contributed by atoms with Crippen LogP contribution in [0.1, 0.15) is 57.4 Å². The molecule has 0 bridgehead atoms. The zero-order valence-electron chi connectivity index (χ0n) is 18.0. The summed E-state index contributed by atoms with van der Waals surface area (Å²) in [6.07, 6.45) is 8.55. The van der Waals surface area contributed by atoms with Crippen molar-refractivity contribution < 1.29 is 14.3 Å². The number of piperidine rings is 1. The minimum Gasteiger partial charge on any atom is -0.466 e. The summed E-state index contributed by atoms with van der Waals surface area (Å²) in [6.45, 7) is 3.51. The summed E-state index contributed by atoms with van der Waals surface area (Å²) in [7, 11) is 0. The lowest BCUT2D eigenvalue weighted by Gasteiger charge is -2.34. The molecule has 2 fully saturated rings. The number of nitrogens with zero attached hydrogens (tertiary/aromatic N) is 1. The highest BCUT2D eigenvalue weighted by Crippen LogP contribution is 2.32. The molecule has 1 aromatic rings. The van der Waals surface area contributed by atoms with Crippen LogP contribution in [0.15, 0.2) is 24.3 Å². The van der Waals surface area contributed by atoms with Gasteiger partial charge in [0.1, 0.15) is 0 Å². The van der Waals surface area contributed by atoms with Crippen LogP contribution in [-0.4, -0.2) is 47.5 Å². The Bertz CT molecular complexity index is 699. The lowest BCUT2D eigenvalue weighted by molar-refractivity contribution is -0.151. The Labute approximate surface area is 190 Å². The number of rotatable bonds is 8. The molecule has 0 radical (unpaired) electrons. The van der Waals surface area contributed by atoms with Gasteiger partial charge in [0.2, 0.25) is 5.91 Å². The van der Waals surface area contributed by atoms with Crippen LogP contribution in [0.2, 0.25) is 5.02 Å². The van der Waals surface area contributed by atoms with E-state index in [0.29, 0.717) is 44.2 Å². The second kappa shape index (κ2) is 12.0. The number of esters is 1. The molecule has 4 nitrogen and oxygen atoms in total. The molecule has 2 aliphatic rings. The number of hydrogen-bond acceptors (Lipinski definition) is 4. The first-order valence-electron chi connectivity index (χ1n) is 11.4. The zero-order valence-corrected chi connectivity index (χ0v) is 19.6. The maximum Gasteiger partial charge on any atom is 0.309 e. The van der Waals surface area contributed by atoms with Crippen molar-refractivity contribution in [1.29, 1.82) is 0 Å². The average Bonchev–Trinajstić information content (AvgIpc) is 2.78. The van der Waals surface area contributed by atoms with Crippen LogP contribution in [0.4, 0.5) is 0 Å². The van der Waals surface area contributed by atoms with Gasteiger partial charge in [-0.1, -0.05) is 49.1 Å². The van der Waals surface area contributed by atoms with Gasteiger partial charge in [-0.3, -0.25) is 9.59 Å². The first-order chi connectivity index (χ1) is 14.6. The van der Waals surface area contributed by atoms with E-state index in [2.05, 4.69) is 0 Å². The maximum absolute atomic E-state index is 13.4. The van der Waals surface area contributed by atoms with Gasteiger partial charge in [0.25, 0.3) is 0 Å². The molecule has 166 valence electrons. The van der Waals surface area contributed by atoms with Gasteiger partial charge in [-0.15, -0.1) is 0 Å². The third-order valence-corrected chi connectivity index (χ3v) is 8.19. The van der Waals surface area contributed by atoms with Crippen molar-refractivity contribution in [3.63, 3.8) is 0 Å². The number of halogens is 1. The van der Waals surface area contributed by atoms with Gasteiger partial charge in [0.05, 0.1) is 18.4 Å². The molecule has 1 aliphatic carbocycles. The van der Waals surface area contributed by atoms with Crippen molar-refractivity contribution in [3.8, 4) is 0 Å². The molecule has 0 N–H and O–H groups in total. The molecular formula is C24H34ClNO3S. The van der Waals surface area contributed by atoms with E-state index < -0.39 is 0 Å². The second-order valence-corrected chi connectivity index (χ2v) is 10.2. The molecular weight excluding hydrogens is 418 g/mol. The standard InChI is InChI=1S/C24H34ClNO3S/c1-2-29-24(28)18-12-14-26(15-13-18)23(27)20(16-19-8-6-7-11-22(19)25)17-30-21-9-4-3-5-10-21/h6-8,11,18,20-21H,2-5,9-10,12-17H2,1H3. The third-order valence-electron chi connectivity index (χ3n) is 6.29. The highest BCUT2D eigenvalue weighted by atomic mass is 35.5. The van der Waals surface area contributed by atoms with Crippen LogP contribution in [0.3, 0.4) is 0 Å². The van der Waals surface area contributed by atoms with Gasteiger partial charge in [-0.2, -0.15) is 11.8 Å². The Morgan fingerprint density at radius 3 is 2.50 bits per heavy atom. The minimum absolute atomic E-state index is 0.0732. The molecule has 1 saturated heterocycles. The van der Waals surface area contributed by atoms with Gasteiger partial charge in [0.15, 0.2) is 0 Å². The molecule has 1 heterocycles. The summed E-state index contributed by atoms with van der Waals surface area (Å²) < 4.78 is 5.16. The van der Waals surface area contributed by atoms with Crippen LogP contribution in [0.5, 0.6) is 0 Å². The number of ether oxygens (including phenoxy) is 1. The smallest absolute Gasteiger partial charge is 0.309 e. The quantitative estimate of drug-likeness (QED) is 0.498. The molecule has 30 heavy (non-hydrogen) atoms. The predicted octanol–water partition coefficient (Wildman–Crippen LogP) is 5.37. The minimum atomic E-state index is -0.120. The van der Waals surface area contributed by atoms with Gasteiger partial charge in [-0.25, -0.2) is 0 Å². The number of thioether (sulfide) groups is 1. The normalized spacial score (nSPS) is 19.5. The Kier molecular flexibility index (Phi) is 9.38. The van der Waals surface area contributed by atoms with Crippen molar-refractivity contribution in [2.45, 2.75) is 63.5 Å². The maximum atomic E-state index is 13.4. The molecule has 1 atom stereocenters. The third kappa shape index (κ3) is 6.65. The van der Waals surface area contributed by atoms with Crippen LogP contribution in [-0.2, 0) is 20.7 Å². The van der Waals surface area contributed by atoms with Crippen molar-refractivity contribution in [2.24, 2.45) is 11.8 Å². The van der Waals surface area contributed by atoms with Crippen LogP contribution in [0, 0.1) is 11.8 Å². The molecule has 0 aromatic heterocycles. The number of carbonyl (C=O) groups is 2. The van der Waals surface area contributed by atoms with Gasteiger partial charge in [0, 0.05) is 29.1 Å². The number of carbonyl (C=O) groups excluding carboxylic acids is 2. The Balaban J connectivity index is 1.62. The highest BCUT2D eigenvalue weighted by Gasteiger charge is 2.32. The predicted molar refractivity (Wildman–Crippen MR) is 124 cm³/mol. The first kappa shape index (κ1) is 23.5. The summed E-state index contributed by atoms with van der Waals surface area (Å²) in [5.74, 6) is 0.779. The lowest BCUT2D eigenvalue weighted by Crippen LogP contribution is -2.44. The van der Waals surface area contributed by atoms with Crippen molar-refractivity contribution in [3.05, 3.63) is 34.9 Å². The van der Waals surface area contributed by atoms with E-state index in [4.69, 9.17) is 16.3 Å². The summed E-state index contributed by atoms with van der Waals surface area (Å²) in [4.78, 5) is 27.4. The average molecular weight is 452 g/mol. The van der Waals surface area contributed by atoms with E-state index in [1.54, 1.807) is 0 Å². The Morgan fingerprint density at radius 1 is 1.13 bits per heavy atom. The van der Waals surface area contributed by atoms with Gasteiger partial charge >= 0.3 is 5.97 Å². The molecule has 0 spiro atoms. The number of hydrogen-bond donors (Lipinski definition) is 0. The fourth-order valence-corrected chi connectivity index (χ4v) is 6.13. The van der Waals surface area contributed by atoms with Crippen LogP contribution in [0.25, 0.3) is 0 Å². The van der Waals surface area contributed by atoms with Crippen LogP contribution < -0.4 is 0 Å². The van der Waals surface area contributed by atoms with Gasteiger partial charge in [-0.05, 0) is 50.7 Å². The molecule has 3 rings (SSSR count). The SMILES string of the molecule is CCOC(=O)C1CCN(C(=O)C(CSC2CCCCC2)Cc2ccccc2Cl)CC1. The molecule has 1 amide bonds.